The van der Waals surface area contributed by atoms with Crippen molar-refractivity contribution >= 4 is 17.3 Å². The molecule has 0 aliphatic heterocycles. The summed E-state index contributed by atoms with van der Waals surface area (Å²) >= 11 is 0. The molecule has 2 aliphatic carbocycles. The highest BCUT2D eigenvalue weighted by atomic mass is 16.6. The Morgan fingerprint density at radius 1 is 1.32 bits per heavy atom. The molecule has 0 spiro atoms. The van der Waals surface area contributed by atoms with Gasteiger partial charge >= 0.3 is 5.69 Å². The van der Waals surface area contributed by atoms with Gasteiger partial charge in [-0.1, -0.05) is 26.7 Å². The number of ether oxygens (including phenoxy) is 1. The van der Waals surface area contributed by atoms with Crippen LogP contribution in [0.25, 0.3) is 0 Å². The molecule has 1 aromatic rings. The lowest BCUT2D eigenvalue weighted by Crippen LogP contribution is -2.38. The summed E-state index contributed by atoms with van der Waals surface area (Å²) in [4.78, 5) is 27.9. The molecule has 0 aromatic carbocycles. The molecule has 25 heavy (non-hydrogen) atoms. The number of anilines is 1. The Hall–Kier alpha value is -2.02. The standard InChI is InChI=1S/C18H25N3O4/c1-18(2)9-13-11(15(22)10-18)8-14(21(23)24)17(20-13)19-12-6-4-5-7-16(12)25-3/h8,12,16H,4-7,9-10H2,1-3H3,(H,19,20). The maximum atomic E-state index is 12.4. The summed E-state index contributed by atoms with van der Waals surface area (Å²) in [6.45, 7) is 4.04. The fourth-order valence-electron chi connectivity index (χ4n) is 3.93. The van der Waals surface area contributed by atoms with E-state index >= 15 is 0 Å². The molecular weight excluding hydrogens is 322 g/mol. The molecule has 7 nitrogen and oxygen atoms in total. The number of nitrogens with one attached hydrogen (secondary N) is 1. The lowest BCUT2D eigenvalue weighted by atomic mass is 9.75. The predicted molar refractivity (Wildman–Crippen MR) is 94.0 cm³/mol. The van der Waals surface area contributed by atoms with Crippen LogP contribution in [0.15, 0.2) is 6.07 Å². The molecule has 0 bridgehead atoms. The summed E-state index contributed by atoms with van der Waals surface area (Å²) in [7, 11) is 1.67. The maximum Gasteiger partial charge on any atom is 0.312 e. The van der Waals surface area contributed by atoms with Crippen molar-refractivity contribution in [3.8, 4) is 0 Å². The van der Waals surface area contributed by atoms with E-state index < -0.39 is 4.92 Å². The summed E-state index contributed by atoms with van der Waals surface area (Å²) < 4.78 is 5.52. The second-order valence-corrected chi connectivity index (χ2v) is 7.86. The first-order valence-corrected chi connectivity index (χ1v) is 8.81. The topological polar surface area (TPSA) is 94.4 Å². The summed E-state index contributed by atoms with van der Waals surface area (Å²) in [6.07, 6.45) is 5.02. The highest BCUT2D eigenvalue weighted by Gasteiger charge is 2.35. The van der Waals surface area contributed by atoms with Crippen LogP contribution in [-0.2, 0) is 11.2 Å². The van der Waals surface area contributed by atoms with Crippen molar-refractivity contribution in [2.75, 3.05) is 12.4 Å². The molecule has 3 rings (SSSR count). The molecule has 2 aliphatic rings. The molecule has 0 amide bonds. The number of pyridine rings is 1. The van der Waals surface area contributed by atoms with E-state index in [1.807, 2.05) is 13.8 Å². The minimum atomic E-state index is -0.465. The fourth-order valence-corrected chi connectivity index (χ4v) is 3.93. The van der Waals surface area contributed by atoms with E-state index in [1.54, 1.807) is 7.11 Å². The number of methoxy groups -OCH3 is 1. The molecular formula is C18H25N3O4. The molecule has 1 N–H and O–H groups in total. The van der Waals surface area contributed by atoms with Crippen molar-refractivity contribution in [3.05, 3.63) is 27.4 Å². The number of Topliss-reactive ketones (excluding diaryl/α,β-unsaturated/α-hetero) is 1. The molecule has 1 aromatic heterocycles. The van der Waals surface area contributed by atoms with Gasteiger partial charge in [0.2, 0.25) is 5.82 Å². The Morgan fingerprint density at radius 2 is 2.04 bits per heavy atom. The van der Waals surface area contributed by atoms with Gasteiger partial charge in [0.15, 0.2) is 5.78 Å². The number of aromatic nitrogens is 1. The SMILES string of the molecule is COC1CCCCC1Nc1nc2c(cc1[N+](=O)[O-])C(=O)CC(C)(C)C2. The van der Waals surface area contributed by atoms with Crippen molar-refractivity contribution in [3.63, 3.8) is 0 Å². The average molecular weight is 347 g/mol. The van der Waals surface area contributed by atoms with Crippen LogP contribution in [0.1, 0.15) is 62.0 Å². The molecule has 1 fully saturated rings. The van der Waals surface area contributed by atoms with Crippen LogP contribution in [0, 0.1) is 15.5 Å². The summed E-state index contributed by atoms with van der Waals surface area (Å²) in [5, 5.41) is 14.8. The predicted octanol–water partition coefficient (Wildman–Crippen LogP) is 3.51. The average Bonchev–Trinajstić information content (AvgIpc) is 2.53. The van der Waals surface area contributed by atoms with Crippen molar-refractivity contribution in [2.24, 2.45) is 5.41 Å². The quantitative estimate of drug-likeness (QED) is 0.661. The Labute approximate surface area is 147 Å². The Kier molecular flexibility index (Phi) is 4.77. The zero-order chi connectivity index (χ0) is 18.2. The van der Waals surface area contributed by atoms with Gasteiger partial charge in [0.05, 0.1) is 22.8 Å². The number of carbonyl (C=O) groups excluding carboxylic acids is 1. The molecule has 7 heteroatoms. The monoisotopic (exact) mass is 347 g/mol. The second-order valence-electron chi connectivity index (χ2n) is 7.86. The van der Waals surface area contributed by atoms with E-state index in [2.05, 4.69) is 10.3 Å². The smallest absolute Gasteiger partial charge is 0.312 e. The van der Waals surface area contributed by atoms with Crippen LogP contribution in [0.4, 0.5) is 11.5 Å². The van der Waals surface area contributed by atoms with Gasteiger partial charge in [-0.15, -0.1) is 0 Å². The van der Waals surface area contributed by atoms with Gasteiger partial charge in [0.25, 0.3) is 0 Å². The van der Waals surface area contributed by atoms with Gasteiger partial charge in [0, 0.05) is 25.2 Å². The molecule has 2 atom stereocenters. The minimum absolute atomic E-state index is 0.00435. The fraction of sp³-hybridized carbons (Fsp3) is 0.667. The molecule has 0 saturated heterocycles. The zero-order valence-corrected chi connectivity index (χ0v) is 15.0. The second kappa shape index (κ2) is 6.71. The molecule has 0 radical (unpaired) electrons. The first kappa shape index (κ1) is 17.8. The lowest BCUT2D eigenvalue weighted by Gasteiger charge is -2.32. The van der Waals surface area contributed by atoms with Crippen molar-refractivity contribution in [1.82, 2.24) is 4.98 Å². The Balaban J connectivity index is 1.98. The summed E-state index contributed by atoms with van der Waals surface area (Å²) in [5.41, 5.74) is 0.736. The molecule has 2 unspecified atom stereocenters. The third-order valence-electron chi connectivity index (χ3n) is 5.19. The number of ketones is 1. The summed E-state index contributed by atoms with van der Waals surface area (Å²) in [5.74, 6) is 0.184. The van der Waals surface area contributed by atoms with Gasteiger partial charge in [-0.25, -0.2) is 4.98 Å². The van der Waals surface area contributed by atoms with Crippen molar-refractivity contribution in [2.45, 2.75) is 64.5 Å². The largest absolute Gasteiger partial charge is 0.379 e. The van der Waals surface area contributed by atoms with Crippen LogP contribution < -0.4 is 5.32 Å². The number of nitro groups is 1. The number of hydrogen-bond donors (Lipinski definition) is 1. The third-order valence-corrected chi connectivity index (χ3v) is 5.19. The minimum Gasteiger partial charge on any atom is -0.379 e. The van der Waals surface area contributed by atoms with Crippen LogP contribution in [0.3, 0.4) is 0 Å². The van der Waals surface area contributed by atoms with E-state index in [9.17, 15) is 14.9 Å². The highest BCUT2D eigenvalue weighted by Crippen LogP contribution is 2.37. The van der Waals surface area contributed by atoms with Crippen LogP contribution >= 0.6 is 0 Å². The van der Waals surface area contributed by atoms with E-state index in [-0.39, 0.29) is 34.8 Å². The van der Waals surface area contributed by atoms with E-state index in [0.29, 0.717) is 24.1 Å². The van der Waals surface area contributed by atoms with E-state index in [4.69, 9.17) is 4.74 Å². The van der Waals surface area contributed by atoms with Crippen molar-refractivity contribution < 1.29 is 14.5 Å². The number of rotatable bonds is 4. The Morgan fingerprint density at radius 3 is 2.72 bits per heavy atom. The molecule has 1 saturated carbocycles. The third kappa shape index (κ3) is 3.66. The van der Waals surface area contributed by atoms with Gasteiger partial charge < -0.3 is 10.1 Å². The maximum absolute atomic E-state index is 12.4. The zero-order valence-electron chi connectivity index (χ0n) is 15.0. The first-order valence-electron chi connectivity index (χ1n) is 8.81. The molecule has 1 heterocycles. The van der Waals surface area contributed by atoms with Crippen LogP contribution in [0.2, 0.25) is 0 Å². The highest BCUT2D eigenvalue weighted by molar-refractivity contribution is 5.99. The Bertz CT molecular complexity index is 702. The van der Waals surface area contributed by atoms with E-state index in [1.165, 1.54) is 6.07 Å². The lowest BCUT2D eigenvalue weighted by molar-refractivity contribution is -0.384. The summed E-state index contributed by atoms with van der Waals surface area (Å²) in [6, 6.07) is 1.39. The number of hydrogen-bond acceptors (Lipinski definition) is 6. The van der Waals surface area contributed by atoms with Crippen molar-refractivity contribution in [1.29, 1.82) is 0 Å². The van der Waals surface area contributed by atoms with Crippen LogP contribution in [0.5, 0.6) is 0 Å². The van der Waals surface area contributed by atoms with E-state index in [0.717, 1.165) is 25.7 Å². The van der Waals surface area contributed by atoms with Gasteiger partial charge in [-0.3, -0.25) is 14.9 Å². The van der Waals surface area contributed by atoms with Crippen LogP contribution in [-0.4, -0.2) is 34.9 Å². The van der Waals surface area contributed by atoms with Gasteiger partial charge in [-0.05, 0) is 24.7 Å². The van der Waals surface area contributed by atoms with Gasteiger partial charge in [0.1, 0.15) is 0 Å². The number of fused-ring (bicyclic) bond motifs is 1. The normalized spacial score (nSPS) is 25.3. The van der Waals surface area contributed by atoms with Gasteiger partial charge in [-0.2, -0.15) is 0 Å². The number of carbonyl (C=O) groups is 1. The molecule has 136 valence electrons. The first-order chi connectivity index (χ1) is 11.8. The number of nitrogens with zero attached hydrogens (tertiary/aromatic N) is 2.